The number of carbonyl (C=O) groups is 1. The van der Waals surface area contributed by atoms with Gasteiger partial charge in [0.05, 0.1) is 19.3 Å². The Labute approximate surface area is 123 Å². The van der Waals surface area contributed by atoms with Crippen molar-refractivity contribution in [2.45, 2.75) is 13.8 Å². The van der Waals surface area contributed by atoms with Crippen molar-refractivity contribution in [3.05, 3.63) is 24.3 Å². The molecule has 0 aliphatic heterocycles. The molecule has 1 rings (SSSR count). The minimum absolute atomic E-state index is 0.120. The van der Waals surface area contributed by atoms with E-state index in [0.717, 1.165) is 5.75 Å². The Bertz CT molecular complexity index is 508. The summed E-state index contributed by atoms with van der Waals surface area (Å²) in [6, 6.07) is 8.91. The van der Waals surface area contributed by atoms with Crippen molar-refractivity contribution < 1.29 is 14.3 Å². The summed E-state index contributed by atoms with van der Waals surface area (Å²) in [5.74, 6) is -0.999. The molecule has 0 unspecified atom stereocenters. The lowest BCUT2D eigenvalue weighted by Gasteiger charge is -2.12. The van der Waals surface area contributed by atoms with Crippen LogP contribution in [0.4, 0.5) is 5.69 Å². The summed E-state index contributed by atoms with van der Waals surface area (Å²) in [6.07, 6.45) is 0. The van der Waals surface area contributed by atoms with E-state index in [4.69, 9.17) is 27.0 Å². The summed E-state index contributed by atoms with van der Waals surface area (Å²) in [4.78, 5) is 11.7. The number of benzene rings is 1. The Kier molecular flexibility index (Phi) is 6.47. The van der Waals surface area contributed by atoms with Crippen molar-refractivity contribution in [3.8, 4) is 11.8 Å². The van der Waals surface area contributed by atoms with Crippen molar-refractivity contribution >= 4 is 28.9 Å². The van der Waals surface area contributed by atoms with E-state index in [-0.39, 0.29) is 11.6 Å². The quantitative estimate of drug-likeness (QED) is 0.641. The first kappa shape index (κ1) is 15.9. The first-order chi connectivity index (χ1) is 9.62. The van der Waals surface area contributed by atoms with E-state index in [9.17, 15) is 4.79 Å². The first-order valence-corrected chi connectivity index (χ1v) is 6.63. The molecule has 0 radical (unpaired) electrons. The first-order valence-electron chi connectivity index (χ1n) is 6.22. The lowest BCUT2D eigenvalue weighted by atomic mass is 10.1. The van der Waals surface area contributed by atoms with Gasteiger partial charge in [-0.1, -0.05) is 12.2 Å². The summed E-state index contributed by atoms with van der Waals surface area (Å²) in [5, 5.41) is 11.8. The summed E-state index contributed by atoms with van der Waals surface area (Å²) >= 11 is 5.07. The third kappa shape index (κ3) is 4.52. The van der Waals surface area contributed by atoms with Gasteiger partial charge in [0.25, 0.3) is 0 Å². The number of carbonyl (C=O) groups excluding carboxylic acids is 1. The van der Waals surface area contributed by atoms with Gasteiger partial charge in [-0.2, -0.15) is 5.26 Å². The van der Waals surface area contributed by atoms with Gasteiger partial charge in [0, 0.05) is 5.69 Å². The van der Waals surface area contributed by atoms with Crippen LogP contribution in [0.5, 0.6) is 5.75 Å². The second kappa shape index (κ2) is 8.12. The molecule has 0 spiro atoms. The minimum Gasteiger partial charge on any atom is -0.494 e. The van der Waals surface area contributed by atoms with Crippen LogP contribution in [0.25, 0.3) is 0 Å². The minimum atomic E-state index is -1.10. The van der Waals surface area contributed by atoms with Crippen molar-refractivity contribution in [3.63, 3.8) is 0 Å². The summed E-state index contributed by atoms with van der Waals surface area (Å²) < 4.78 is 10.1. The molecule has 0 fully saturated rings. The van der Waals surface area contributed by atoms with E-state index in [1.807, 2.05) is 13.0 Å². The molecule has 0 saturated heterocycles. The SMILES string of the molecule is CCOC(=O)[C@H](C#N)C(=S)Nc1ccc(OCC)cc1. The summed E-state index contributed by atoms with van der Waals surface area (Å²) in [7, 11) is 0. The smallest absolute Gasteiger partial charge is 0.330 e. The van der Waals surface area contributed by atoms with Crippen LogP contribution >= 0.6 is 12.2 Å². The number of nitrogens with zero attached hydrogens (tertiary/aromatic N) is 1. The van der Waals surface area contributed by atoms with Gasteiger partial charge < -0.3 is 14.8 Å². The van der Waals surface area contributed by atoms with E-state index in [0.29, 0.717) is 12.3 Å². The average Bonchev–Trinajstić information content (AvgIpc) is 2.42. The maximum absolute atomic E-state index is 11.6. The van der Waals surface area contributed by atoms with E-state index in [2.05, 4.69) is 5.32 Å². The number of nitriles is 1. The van der Waals surface area contributed by atoms with Crippen LogP contribution in [-0.2, 0) is 9.53 Å². The number of anilines is 1. The Balaban J connectivity index is 2.69. The topological polar surface area (TPSA) is 71.4 Å². The van der Waals surface area contributed by atoms with Crippen LogP contribution in [0.2, 0.25) is 0 Å². The Morgan fingerprint density at radius 2 is 2.00 bits per heavy atom. The van der Waals surface area contributed by atoms with Crippen molar-refractivity contribution in [2.75, 3.05) is 18.5 Å². The summed E-state index contributed by atoms with van der Waals surface area (Å²) in [5.41, 5.74) is 0.683. The number of rotatable bonds is 6. The molecule has 1 aromatic rings. The van der Waals surface area contributed by atoms with Gasteiger partial charge in [0.1, 0.15) is 10.7 Å². The molecule has 0 bridgehead atoms. The molecule has 5 nitrogen and oxygen atoms in total. The number of esters is 1. The molecule has 106 valence electrons. The van der Waals surface area contributed by atoms with Crippen LogP contribution in [0, 0.1) is 17.2 Å². The Morgan fingerprint density at radius 1 is 1.35 bits per heavy atom. The third-order valence-electron chi connectivity index (χ3n) is 2.35. The van der Waals surface area contributed by atoms with E-state index in [1.54, 1.807) is 31.2 Å². The fourth-order valence-corrected chi connectivity index (χ4v) is 1.73. The van der Waals surface area contributed by atoms with Crippen molar-refractivity contribution in [1.29, 1.82) is 5.26 Å². The second-order valence-corrected chi connectivity index (χ2v) is 4.20. The maximum atomic E-state index is 11.6. The summed E-state index contributed by atoms with van der Waals surface area (Å²) in [6.45, 7) is 4.38. The van der Waals surface area contributed by atoms with Crippen LogP contribution in [-0.4, -0.2) is 24.2 Å². The molecule has 0 saturated carbocycles. The molecule has 1 N–H and O–H groups in total. The van der Waals surface area contributed by atoms with Gasteiger partial charge in [0.15, 0.2) is 5.92 Å². The highest BCUT2D eigenvalue weighted by atomic mass is 32.1. The fraction of sp³-hybridized carbons (Fsp3) is 0.357. The standard InChI is InChI=1S/C14H16N2O3S/c1-3-18-11-7-5-10(6-8-11)16-13(20)12(9-15)14(17)19-4-2/h5-8,12H,3-4H2,1-2H3,(H,16,20)/t12-/m1/s1. The van der Waals surface area contributed by atoms with Gasteiger partial charge in [0.2, 0.25) is 0 Å². The lowest BCUT2D eigenvalue weighted by Crippen LogP contribution is -2.28. The largest absolute Gasteiger partial charge is 0.494 e. The van der Waals surface area contributed by atoms with E-state index in [1.165, 1.54) is 0 Å². The average molecular weight is 292 g/mol. The molecular formula is C14H16N2O3S. The zero-order valence-corrected chi connectivity index (χ0v) is 12.2. The molecule has 20 heavy (non-hydrogen) atoms. The molecular weight excluding hydrogens is 276 g/mol. The highest BCUT2D eigenvalue weighted by Gasteiger charge is 2.24. The Hall–Kier alpha value is -2.13. The lowest BCUT2D eigenvalue weighted by molar-refractivity contribution is -0.143. The highest BCUT2D eigenvalue weighted by molar-refractivity contribution is 7.80. The molecule has 6 heteroatoms. The predicted molar refractivity (Wildman–Crippen MR) is 79.6 cm³/mol. The van der Waals surface area contributed by atoms with Gasteiger partial charge in [-0.05, 0) is 38.1 Å². The second-order valence-electron chi connectivity index (χ2n) is 3.76. The molecule has 1 aromatic carbocycles. The van der Waals surface area contributed by atoms with Crippen molar-refractivity contribution in [1.82, 2.24) is 0 Å². The van der Waals surface area contributed by atoms with Crippen molar-refractivity contribution in [2.24, 2.45) is 5.92 Å². The van der Waals surface area contributed by atoms with Gasteiger partial charge in [-0.3, -0.25) is 4.79 Å². The maximum Gasteiger partial charge on any atom is 0.330 e. The monoisotopic (exact) mass is 292 g/mol. The van der Waals surface area contributed by atoms with Crippen LogP contribution in [0.15, 0.2) is 24.3 Å². The van der Waals surface area contributed by atoms with Crippen LogP contribution in [0.1, 0.15) is 13.8 Å². The Morgan fingerprint density at radius 3 is 2.50 bits per heavy atom. The molecule has 0 heterocycles. The number of ether oxygens (including phenoxy) is 2. The third-order valence-corrected chi connectivity index (χ3v) is 2.68. The number of thiocarbonyl (C=S) groups is 1. The van der Waals surface area contributed by atoms with Crippen LogP contribution in [0.3, 0.4) is 0 Å². The van der Waals surface area contributed by atoms with Crippen LogP contribution < -0.4 is 10.1 Å². The zero-order valence-electron chi connectivity index (χ0n) is 11.4. The normalized spacial score (nSPS) is 11.1. The van der Waals surface area contributed by atoms with E-state index >= 15 is 0 Å². The fourth-order valence-electron chi connectivity index (χ4n) is 1.46. The molecule has 0 aliphatic carbocycles. The number of hydrogen-bond acceptors (Lipinski definition) is 5. The highest BCUT2D eigenvalue weighted by Crippen LogP contribution is 2.17. The van der Waals surface area contributed by atoms with Gasteiger partial charge in [-0.25, -0.2) is 0 Å². The molecule has 0 aromatic heterocycles. The molecule has 0 aliphatic rings. The number of nitrogens with one attached hydrogen (secondary N) is 1. The molecule has 0 amide bonds. The predicted octanol–water partition coefficient (Wildman–Crippen LogP) is 2.53. The van der Waals surface area contributed by atoms with Gasteiger partial charge >= 0.3 is 5.97 Å². The zero-order chi connectivity index (χ0) is 15.0. The van der Waals surface area contributed by atoms with E-state index < -0.39 is 11.9 Å². The number of hydrogen-bond donors (Lipinski definition) is 1. The van der Waals surface area contributed by atoms with Gasteiger partial charge in [-0.15, -0.1) is 0 Å². The molecule has 1 atom stereocenters.